The van der Waals surface area contributed by atoms with Gasteiger partial charge in [0.15, 0.2) is 20.6 Å². The van der Waals surface area contributed by atoms with E-state index in [-0.39, 0.29) is 5.69 Å². The molecule has 0 saturated heterocycles. The number of hydrogen-bond acceptors (Lipinski definition) is 4. The van der Waals surface area contributed by atoms with Crippen LogP contribution in [0.2, 0.25) is 6.55 Å². The zero-order chi connectivity index (χ0) is 10.1. The number of fused-ring (bicyclic) bond motifs is 1. The topological polar surface area (TPSA) is 69.2 Å². The molecular formula is C8H6N2O3Si. The van der Waals surface area contributed by atoms with E-state index in [2.05, 4.69) is 4.98 Å². The molecule has 0 atom stereocenters. The van der Waals surface area contributed by atoms with E-state index in [9.17, 15) is 10.1 Å². The molecule has 0 amide bonds. The summed E-state index contributed by atoms with van der Waals surface area (Å²) in [6.45, 7) is 1.94. The summed E-state index contributed by atoms with van der Waals surface area (Å²) in [7, 11) is 0.457. The maximum Gasteiger partial charge on any atom is 0.271 e. The van der Waals surface area contributed by atoms with E-state index < -0.39 is 4.92 Å². The molecule has 0 aliphatic rings. The molecule has 1 heterocycles. The summed E-state index contributed by atoms with van der Waals surface area (Å²) >= 11 is 0. The lowest BCUT2D eigenvalue weighted by molar-refractivity contribution is -0.384. The van der Waals surface area contributed by atoms with E-state index in [1.54, 1.807) is 6.07 Å². The third-order valence-corrected chi connectivity index (χ3v) is 2.44. The lowest BCUT2D eigenvalue weighted by atomic mass is 10.3. The van der Waals surface area contributed by atoms with Gasteiger partial charge in [0.05, 0.1) is 4.92 Å². The summed E-state index contributed by atoms with van der Waals surface area (Å²) < 4.78 is 5.33. The molecule has 1 aromatic heterocycles. The smallest absolute Gasteiger partial charge is 0.271 e. The van der Waals surface area contributed by atoms with Crippen LogP contribution in [0.5, 0.6) is 0 Å². The number of aromatic nitrogens is 1. The minimum absolute atomic E-state index is 0.0387. The zero-order valence-corrected chi connectivity index (χ0v) is 8.35. The Hall–Kier alpha value is -1.69. The fraction of sp³-hybridized carbons (Fsp3) is 0.125. The Morgan fingerprint density at radius 2 is 2.36 bits per heavy atom. The molecule has 2 radical (unpaired) electrons. The fourth-order valence-corrected chi connectivity index (χ4v) is 1.58. The summed E-state index contributed by atoms with van der Waals surface area (Å²) in [4.78, 5) is 14.1. The Morgan fingerprint density at radius 3 is 3.00 bits per heavy atom. The van der Waals surface area contributed by atoms with E-state index >= 15 is 0 Å². The van der Waals surface area contributed by atoms with Gasteiger partial charge in [-0.2, -0.15) is 0 Å². The van der Waals surface area contributed by atoms with Crippen LogP contribution in [0.25, 0.3) is 11.1 Å². The molecule has 14 heavy (non-hydrogen) atoms. The van der Waals surface area contributed by atoms with E-state index in [1.807, 2.05) is 6.55 Å². The number of nitrogens with zero attached hydrogens (tertiary/aromatic N) is 2. The summed E-state index contributed by atoms with van der Waals surface area (Å²) in [5.41, 5.74) is 1.81. The lowest BCUT2D eigenvalue weighted by Crippen LogP contribution is -2.09. The fourth-order valence-electron chi connectivity index (χ4n) is 1.14. The molecule has 0 N–H and O–H groups in total. The number of hydrogen-bond donors (Lipinski definition) is 0. The molecule has 0 bridgehead atoms. The summed E-state index contributed by atoms with van der Waals surface area (Å²) in [6.07, 6.45) is 0. The van der Waals surface area contributed by atoms with Crippen molar-refractivity contribution in [3.8, 4) is 0 Å². The van der Waals surface area contributed by atoms with Crippen molar-refractivity contribution in [2.24, 2.45) is 0 Å². The van der Waals surface area contributed by atoms with Gasteiger partial charge in [-0.25, -0.2) is 4.98 Å². The van der Waals surface area contributed by atoms with Crippen molar-refractivity contribution in [3.63, 3.8) is 0 Å². The molecule has 1 aromatic carbocycles. The second-order valence-corrected chi connectivity index (χ2v) is 3.61. The second kappa shape index (κ2) is 3.22. The monoisotopic (exact) mass is 206 g/mol. The van der Waals surface area contributed by atoms with Crippen LogP contribution in [0, 0.1) is 10.1 Å². The Morgan fingerprint density at radius 1 is 1.57 bits per heavy atom. The summed E-state index contributed by atoms with van der Waals surface area (Å²) in [5, 5.41) is 10.5. The minimum atomic E-state index is -0.442. The number of oxazole rings is 1. The predicted octanol–water partition coefficient (Wildman–Crippen LogP) is 1.11. The highest BCUT2D eigenvalue weighted by atomic mass is 28.2. The van der Waals surface area contributed by atoms with Crippen molar-refractivity contribution in [1.29, 1.82) is 0 Å². The third-order valence-electron chi connectivity index (χ3n) is 1.80. The van der Waals surface area contributed by atoms with E-state index in [4.69, 9.17) is 4.42 Å². The van der Waals surface area contributed by atoms with E-state index in [1.165, 1.54) is 12.1 Å². The Labute approximate surface area is 81.7 Å². The highest BCUT2D eigenvalue weighted by Gasteiger charge is 2.10. The van der Waals surface area contributed by atoms with Crippen molar-refractivity contribution >= 4 is 31.8 Å². The third kappa shape index (κ3) is 1.39. The minimum Gasteiger partial charge on any atom is -0.446 e. The van der Waals surface area contributed by atoms with Crippen molar-refractivity contribution < 1.29 is 9.34 Å². The molecule has 5 nitrogen and oxygen atoms in total. The van der Waals surface area contributed by atoms with Crippen LogP contribution in [0.15, 0.2) is 22.6 Å². The van der Waals surface area contributed by atoms with Gasteiger partial charge in [0.1, 0.15) is 5.52 Å². The molecule has 2 aromatic rings. The highest BCUT2D eigenvalue weighted by molar-refractivity contribution is 6.49. The summed E-state index contributed by atoms with van der Waals surface area (Å²) in [5.74, 6) is 0. The number of benzene rings is 1. The van der Waals surface area contributed by atoms with Gasteiger partial charge in [-0.3, -0.25) is 10.1 Å². The molecule has 70 valence electrons. The maximum atomic E-state index is 10.5. The van der Waals surface area contributed by atoms with Gasteiger partial charge < -0.3 is 4.42 Å². The van der Waals surface area contributed by atoms with Crippen LogP contribution in [0.1, 0.15) is 0 Å². The van der Waals surface area contributed by atoms with Gasteiger partial charge in [0.25, 0.3) is 5.69 Å². The molecule has 2 rings (SSSR count). The lowest BCUT2D eigenvalue weighted by Gasteiger charge is -1.88. The van der Waals surface area contributed by atoms with E-state index in [0.717, 1.165) is 0 Å². The largest absolute Gasteiger partial charge is 0.446 e. The van der Waals surface area contributed by atoms with Crippen molar-refractivity contribution in [3.05, 3.63) is 28.3 Å². The predicted molar refractivity (Wildman–Crippen MR) is 51.9 cm³/mol. The van der Waals surface area contributed by atoms with Crippen LogP contribution < -0.4 is 5.51 Å². The molecule has 0 unspecified atom stereocenters. The SMILES string of the molecule is C[Si]c1nc2cc([N+](=O)[O-])ccc2o1. The van der Waals surface area contributed by atoms with Crippen molar-refractivity contribution in [1.82, 2.24) is 4.98 Å². The number of nitro benzene ring substituents is 1. The first-order chi connectivity index (χ1) is 6.70. The van der Waals surface area contributed by atoms with Gasteiger partial charge in [-0.1, -0.05) is 6.55 Å². The number of nitro groups is 1. The zero-order valence-electron chi connectivity index (χ0n) is 7.35. The quantitative estimate of drug-likeness (QED) is 0.419. The van der Waals surface area contributed by atoms with Gasteiger partial charge >= 0.3 is 0 Å². The average Bonchev–Trinajstić information content (AvgIpc) is 2.58. The van der Waals surface area contributed by atoms with Crippen LogP contribution in [0.4, 0.5) is 5.69 Å². The molecular weight excluding hydrogens is 200 g/mol. The second-order valence-electron chi connectivity index (χ2n) is 2.68. The Bertz CT molecular complexity index is 494. The Balaban J connectivity index is 2.59. The highest BCUT2D eigenvalue weighted by Crippen LogP contribution is 2.18. The molecule has 0 fully saturated rings. The van der Waals surface area contributed by atoms with Crippen LogP contribution in [-0.2, 0) is 0 Å². The normalized spacial score (nSPS) is 10.6. The Kier molecular flexibility index (Phi) is 2.05. The first-order valence-electron chi connectivity index (χ1n) is 3.93. The maximum absolute atomic E-state index is 10.5. The number of rotatable bonds is 2. The van der Waals surface area contributed by atoms with Gasteiger partial charge in [-0.15, -0.1) is 0 Å². The molecule has 0 spiro atoms. The van der Waals surface area contributed by atoms with Crippen LogP contribution in [-0.4, -0.2) is 19.4 Å². The van der Waals surface area contributed by atoms with E-state index in [0.29, 0.717) is 26.1 Å². The molecule has 6 heteroatoms. The number of non-ortho nitro benzene ring substituents is 1. The first kappa shape index (κ1) is 8.89. The van der Waals surface area contributed by atoms with Gasteiger partial charge in [-0.05, 0) is 6.07 Å². The van der Waals surface area contributed by atoms with Crippen LogP contribution >= 0.6 is 0 Å². The summed E-state index contributed by atoms with van der Waals surface area (Å²) in [6, 6.07) is 4.41. The van der Waals surface area contributed by atoms with Crippen LogP contribution in [0.3, 0.4) is 0 Å². The molecule has 0 aliphatic heterocycles. The van der Waals surface area contributed by atoms with Crippen molar-refractivity contribution in [2.75, 3.05) is 0 Å². The standard InChI is InChI=1S/C8H6N2O3Si/c1-14-8-9-6-4-5(10(11)12)2-3-7(6)13-8/h2-4H,1H3. The molecule has 0 aliphatic carbocycles. The van der Waals surface area contributed by atoms with Crippen molar-refractivity contribution in [2.45, 2.75) is 6.55 Å². The average molecular weight is 206 g/mol. The van der Waals surface area contributed by atoms with Gasteiger partial charge in [0.2, 0.25) is 0 Å². The first-order valence-corrected chi connectivity index (χ1v) is 5.43. The molecule has 0 saturated carbocycles. The van der Waals surface area contributed by atoms with Gasteiger partial charge in [0, 0.05) is 12.1 Å².